The zero-order valence-electron chi connectivity index (χ0n) is 19.7. The van der Waals surface area contributed by atoms with Gasteiger partial charge in [-0.1, -0.05) is 67.7 Å². The zero-order valence-corrected chi connectivity index (χ0v) is 20.5. The van der Waals surface area contributed by atoms with Gasteiger partial charge < -0.3 is 26.4 Å². The van der Waals surface area contributed by atoms with Gasteiger partial charge in [-0.25, -0.2) is 0 Å². The van der Waals surface area contributed by atoms with Gasteiger partial charge in [-0.3, -0.25) is 14.4 Å². The normalized spacial score (nSPS) is 15.0. The second-order valence-corrected chi connectivity index (χ2v) is 8.60. The topological polar surface area (TPSA) is 150 Å². The molecule has 0 aromatic heterocycles. The number of nitrogens with one attached hydrogen (secondary N) is 1. The molecule has 1 amide bonds. The third kappa shape index (κ3) is 18.9. The third-order valence-electron chi connectivity index (χ3n) is 4.37. The summed E-state index contributed by atoms with van der Waals surface area (Å²) in [6.07, 6.45) is 22.2. The minimum absolute atomic E-state index is 0.0384. The van der Waals surface area contributed by atoms with E-state index in [0.717, 1.165) is 19.3 Å². The van der Waals surface area contributed by atoms with Gasteiger partial charge in [0, 0.05) is 17.4 Å². The van der Waals surface area contributed by atoms with Crippen molar-refractivity contribution in [2.24, 2.45) is 5.73 Å². The Kier molecular flexibility index (Phi) is 19.3. The average Bonchev–Trinajstić information content (AvgIpc) is 2.79. The average molecular weight is 495 g/mol. The van der Waals surface area contributed by atoms with Gasteiger partial charge in [0.25, 0.3) is 0 Å². The summed E-state index contributed by atoms with van der Waals surface area (Å²) in [4.78, 5) is 33.1. The number of carbonyl (C=O) groups excluding carboxylic acids is 1. The fourth-order valence-electron chi connectivity index (χ4n) is 2.58. The Morgan fingerprint density at radius 1 is 0.941 bits per heavy atom. The van der Waals surface area contributed by atoms with Crippen molar-refractivity contribution < 1.29 is 29.7 Å². The first kappa shape index (κ1) is 31.4. The van der Waals surface area contributed by atoms with Gasteiger partial charge in [0.15, 0.2) is 0 Å². The number of thioether (sulfide) groups is 1. The van der Waals surface area contributed by atoms with E-state index in [-0.39, 0.29) is 18.6 Å². The molecule has 0 aromatic rings. The molecule has 0 aromatic carbocycles. The molecule has 9 heteroatoms. The van der Waals surface area contributed by atoms with E-state index in [4.69, 9.17) is 15.9 Å². The van der Waals surface area contributed by atoms with Crippen LogP contribution >= 0.6 is 11.8 Å². The van der Waals surface area contributed by atoms with E-state index in [1.165, 1.54) is 11.8 Å². The molecule has 6 N–H and O–H groups in total. The Balaban J connectivity index is 4.74. The number of aliphatic carboxylic acids is 2. The molecule has 0 spiro atoms. The summed E-state index contributed by atoms with van der Waals surface area (Å²) in [5.41, 5.74) is 5.82. The molecule has 0 radical (unpaired) electrons. The van der Waals surface area contributed by atoms with Crippen LogP contribution in [-0.4, -0.2) is 62.9 Å². The first-order valence-electron chi connectivity index (χ1n) is 11.3. The van der Waals surface area contributed by atoms with Crippen LogP contribution in [0.4, 0.5) is 0 Å². The summed E-state index contributed by atoms with van der Waals surface area (Å²) in [6, 6.07) is -0.935. The van der Waals surface area contributed by atoms with Crippen LogP contribution in [0.5, 0.6) is 0 Å². The van der Waals surface area contributed by atoms with Gasteiger partial charge in [0.2, 0.25) is 5.91 Å². The highest BCUT2D eigenvalue weighted by molar-refractivity contribution is 8.00. The molecule has 0 fully saturated rings. The molecule has 190 valence electrons. The molecule has 0 aliphatic rings. The number of carboxylic acid groups (broad SMARTS) is 2. The summed E-state index contributed by atoms with van der Waals surface area (Å²) in [5, 5.41) is 29.7. The van der Waals surface area contributed by atoms with E-state index in [1.807, 2.05) is 24.3 Å². The smallest absolute Gasteiger partial charge is 0.322 e. The van der Waals surface area contributed by atoms with Crippen molar-refractivity contribution in [2.45, 2.75) is 62.8 Å². The summed E-state index contributed by atoms with van der Waals surface area (Å²) >= 11 is 1.26. The number of nitrogens with two attached hydrogens (primary N) is 1. The van der Waals surface area contributed by atoms with E-state index >= 15 is 0 Å². The molecule has 3 atom stereocenters. The van der Waals surface area contributed by atoms with Crippen LogP contribution in [0.1, 0.15) is 45.4 Å². The van der Waals surface area contributed by atoms with Crippen LogP contribution in [0.25, 0.3) is 0 Å². The van der Waals surface area contributed by atoms with Crippen molar-refractivity contribution in [1.29, 1.82) is 0 Å². The Morgan fingerprint density at radius 3 is 2.24 bits per heavy atom. The van der Waals surface area contributed by atoms with Crippen LogP contribution in [0.2, 0.25) is 0 Å². The predicted molar refractivity (Wildman–Crippen MR) is 138 cm³/mol. The summed E-state index contributed by atoms with van der Waals surface area (Å²) in [7, 11) is 0. The van der Waals surface area contributed by atoms with Crippen molar-refractivity contribution in [3.63, 3.8) is 0 Å². The maximum absolute atomic E-state index is 11.9. The molecule has 0 rings (SSSR count). The molecule has 0 aliphatic carbocycles. The van der Waals surface area contributed by atoms with E-state index in [9.17, 15) is 19.5 Å². The van der Waals surface area contributed by atoms with Crippen LogP contribution < -0.4 is 11.1 Å². The number of carboxylic acids is 2. The predicted octanol–water partition coefficient (Wildman–Crippen LogP) is 3.20. The SMILES string of the molecule is CC/C=C/C/C=C/C/C=C/C=C/C=C/C(SCC(N)C(=O)NCC(=O)O)C(O)CCCC(=O)O. The minimum atomic E-state index is -1.16. The molecular weight excluding hydrogens is 456 g/mol. The number of rotatable bonds is 19. The number of aliphatic hydroxyl groups excluding tert-OH is 1. The molecule has 0 heterocycles. The quantitative estimate of drug-likeness (QED) is 0.136. The van der Waals surface area contributed by atoms with Gasteiger partial charge in [-0.15, -0.1) is 11.8 Å². The molecule has 0 saturated heterocycles. The summed E-state index contributed by atoms with van der Waals surface area (Å²) in [6.45, 7) is 1.59. The maximum Gasteiger partial charge on any atom is 0.322 e. The Bertz CT molecular complexity index is 746. The number of hydrogen-bond donors (Lipinski definition) is 5. The molecule has 0 saturated carbocycles. The summed E-state index contributed by atoms with van der Waals surface area (Å²) in [5.74, 6) is -2.51. The van der Waals surface area contributed by atoms with E-state index < -0.39 is 41.8 Å². The first-order chi connectivity index (χ1) is 16.3. The van der Waals surface area contributed by atoms with Gasteiger partial charge in [-0.05, 0) is 32.1 Å². The lowest BCUT2D eigenvalue weighted by molar-refractivity contribution is -0.138. The van der Waals surface area contributed by atoms with Crippen molar-refractivity contribution >= 4 is 29.6 Å². The number of hydrogen-bond acceptors (Lipinski definition) is 6. The summed E-state index contributed by atoms with van der Waals surface area (Å²) < 4.78 is 0. The molecular formula is C25H38N2O6S. The van der Waals surface area contributed by atoms with Gasteiger partial charge in [-0.2, -0.15) is 0 Å². The minimum Gasteiger partial charge on any atom is -0.481 e. The van der Waals surface area contributed by atoms with Gasteiger partial charge in [0.05, 0.1) is 12.1 Å². The van der Waals surface area contributed by atoms with Crippen LogP contribution in [0.3, 0.4) is 0 Å². The Labute approximate surface area is 206 Å². The highest BCUT2D eigenvalue weighted by Gasteiger charge is 2.21. The van der Waals surface area contributed by atoms with Crippen molar-refractivity contribution in [3.05, 3.63) is 60.8 Å². The second kappa shape index (κ2) is 20.9. The van der Waals surface area contributed by atoms with E-state index in [2.05, 4.69) is 36.5 Å². The first-order valence-corrected chi connectivity index (χ1v) is 12.4. The zero-order chi connectivity index (χ0) is 25.6. The highest BCUT2D eigenvalue weighted by Crippen LogP contribution is 2.21. The lowest BCUT2D eigenvalue weighted by atomic mass is 10.1. The van der Waals surface area contributed by atoms with Gasteiger partial charge >= 0.3 is 11.9 Å². The molecule has 34 heavy (non-hydrogen) atoms. The number of aliphatic hydroxyl groups is 1. The van der Waals surface area contributed by atoms with Crippen molar-refractivity contribution in [3.8, 4) is 0 Å². The fourth-order valence-corrected chi connectivity index (χ4v) is 3.72. The van der Waals surface area contributed by atoms with E-state index in [1.54, 1.807) is 12.2 Å². The number of amides is 1. The second-order valence-electron chi connectivity index (χ2n) is 7.39. The lowest BCUT2D eigenvalue weighted by Gasteiger charge is -2.21. The highest BCUT2D eigenvalue weighted by atomic mass is 32.2. The monoisotopic (exact) mass is 494 g/mol. The van der Waals surface area contributed by atoms with Crippen LogP contribution in [0, 0.1) is 0 Å². The third-order valence-corrected chi connectivity index (χ3v) is 5.78. The fraction of sp³-hybridized carbons (Fsp3) is 0.480. The largest absolute Gasteiger partial charge is 0.481 e. The van der Waals surface area contributed by atoms with E-state index in [0.29, 0.717) is 6.42 Å². The van der Waals surface area contributed by atoms with Crippen molar-refractivity contribution in [1.82, 2.24) is 5.32 Å². The molecule has 0 aliphatic heterocycles. The van der Waals surface area contributed by atoms with Crippen LogP contribution in [0.15, 0.2) is 60.8 Å². The maximum atomic E-state index is 11.9. The standard InChI is InChI=1S/C25H38N2O6S/c1-2-3-4-5-6-7-8-9-10-11-12-13-16-22(21(28)15-14-17-23(29)30)34-19-20(26)25(33)27-18-24(31)32/h3-4,6-7,9-13,16,20-22,28H,2,5,8,14-15,17-19,26H2,1H3,(H,27,33)(H,29,30)(H,31,32)/b4-3+,7-6+,10-9+,12-11+,16-13+. The van der Waals surface area contributed by atoms with Gasteiger partial charge in [0.1, 0.15) is 6.54 Å². The number of carbonyl (C=O) groups is 3. The molecule has 8 nitrogen and oxygen atoms in total. The van der Waals surface area contributed by atoms with Crippen LogP contribution in [-0.2, 0) is 14.4 Å². The number of allylic oxidation sites excluding steroid dienone is 9. The lowest BCUT2D eigenvalue weighted by Crippen LogP contribution is -2.44. The molecule has 0 bridgehead atoms. The Morgan fingerprint density at radius 2 is 1.59 bits per heavy atom. The van der Waals surface area contributed by atoms with Crippen molar-refractivity contribution in [2.75, 3.05) is 12.3 Å². The Hall–Kier alpha value is -2.62. The molecule has 3 unspecified atom stereocenters.